The lowest BCUT2D eigenvalue weighted by atomic mass is 10.1. The Labute approximate surface area is 114 Å². The van der Waals surface area contributed by atoms with Gasteiger partial charge in [0.25, 0.3) is 0 Å². The van der Waals surface area contributed by atoms with E-state index < -0.39 is 0 Å². The van der Waals surface area contributed by atoms with Crippen molar-refractivity contribution in [3.8, 4) is 0 Å². The maximum absolute atomic E-state index is 4.28. The Morgan fingerprint density at radius 2 is 2.06 bits per heavy atom. The molecular formula is C13H24N4S. The van der Waals surface area contributed by atoms with Crippen LogP contribution in [0.3, 0.4) is 0 Å². The van der Waals surface area contributed by atoms with Gasteiger partial charge in [-0.15, -0.1) is 10.2 Å². The number of nitrogens with one attached hydrogen (secondary N) is 1. The summed E-state index contributed by atoms with van der Waals surface area (Å²) in [5, 5.41) is 13.8. The van der Waals surface area contributed by atoms with Crippen LogP contribution in [0.15, 0.2) is 5.16 Å². The summed E-state index contributed by atoms with van der Waals surface area (Å²) < 4.78 is 2.10. The van der Waals surface area contributed by atoms with E-state index in [4.69, 9.17) is 0 Å². The Bertz CT molecular complexity index is 377. The van der Waals surface area contributed by atoms with Gasteiger partial charge in [-0.3, -0.25) is 0 Å². The van der Waals surface area contributed by atoms with Gasteiger partial charge in [-0.25, -0.2) is 0 Å². The Kier molecular flexibility index (Phi) is 5.06. The van der Waals surface area contributed by atoms with Crippen LogP contribution in [0, 0.1) is 6.92 Å². The molecule has 1 saturated carbocycles. The number of nitrogens with zero attached hydrogens (tertiary/aromatic N) is 3. The van der Waals surface area contributed by atoms with Crippen molar-refractivity contribution in [2.24, 2.45) is 7.05 Å². The maximum Gasteiger partial charge on any atom is 0.191 e. The maximum atomic E-state index is 4.28. The summed E-state index contributed by atoms with van der Waals surface area (Å²) in [6.07, 6.45) is 6.65. The molecule has 2 atom stereocenters. The lowest BCUT2D eigenvalue weighted by Crippen LogP contribution is -2.37. The first-order valence-corrected chi connectivity index (χ1v) is 7.86. The highest BCUT2D eigenvalue weighted by molar-refractivity contribution is 7.99. The number of aromatic nitrogens is 3. The first-order valence-electron chi connectivity index (χ1n) is 6.98. The van der Waals surface area contributed by atoms with E-state index in [1.54, 1.807) is 0 Å². The molecule has 1 fully saturated rings. The summed E-state index contributed by atoms with van der Waals surface area (Å²) in [5.41, 5.74) is 0. The van der Waals surface area contributed by atoms with E-state index in [2.05, 4.69) is 34.1 Å². The predicted molar refractivity (Wildman–Crippen MR) is 75.9 cm³/mol. The highest BCUT2D eigenvalue weighted by Crippen LogP contribution is 2.32. The molecule has 2 unspecified atom stereocenters. The van der Waals surface area contributed by atoms with E-state index in [1.807, 2.05) is 18.7 Å². The summed E-state index contributed by atoms with van der Waals surface area (Å²) >= 11 is 1.90. The molecule has 0 spiro atoms. The number of hydrogen-bond donors (Lipinski definition) is 1. The zero-order valence-electron chi connectivity index (χ0n) is 11.6. The van der Waals surface area contributed by atoms with Crippen molar-refractivity contribution in [3.63, 3.8) is 0 Å². The largest absolute Gasteiger partial charge is 0.313 e. The van der Waals surface area contributed by atoms with Crippen molar-refractivity contribution >= 4 is 11.8 Å². The molecule has 102 valence electrons. The minimum Gasteiger partial charge on any atom is -0.313 e. The van der Waals surface area contributed by atoms with Gasteiger partial charge in [-0.2, -0.15) is 0 Å². The second-order valence-corrected chi connectivity index (χ2v) is 6.25. The molecule has 0 amide bonds. The first-order chi connectivity index (χ1) is 8.72. The van der Waals surface area contributed by atoms with Gasteiger partial charge in [0.15, 0.2) is 5.16 Å². The smallest absolute Gasteiger partial charge is 0.191 e. The summed E-state index contributed by atoms with van der Waals surface area (Å²) in [5.74, 6) is 0.992. The van der Waals surface area contributed by atoms with Crippen molar-refractivity contribution in [1.29, 1.82) is 0 Å². The number of aryl methyl sites for hydroxylation is 1. The molecule has 0 saturated heterocycles. The molecule has 1 aromatic heterocycles. The molecule has 1 N–H and O–H groups in total. The topological polar surface area (TPSA) is 42.7 Å². The average Bonchev–Trinajstić information content (AvgIpc) is 2.57. The van der Waals surface area contributed by atoms with Crippen LogP contribution in [0.25, 0.3) is 0 Å². The summed E-state index contributed by atoms with van der Waals surface area (Å²) in [7, 11) is 2.05. The minimum absolute atomic E-state index is 0.625. The second-order valence-electron chi connectivity index (χ2n) is 5.05. The molecule has 0 radical (unpaired) electrons. The standard InChI is InChI=1S/C13H24N4S/c1-4-14-11-8-6-5-7-9-12(11)18-13-16-15-10(2)17(13)3/h11-12,14H,4-9H2,1-3H3. The van der Waals surface area contributed by atoms with Crippen molar-refractivity contribution in [2.45, 2.75) is 62.4 Å². The fraction of sp³-hybridized carbons (Fsp3) is 0.846. The molecule has 0 aliphatic heterocycles. The zero-order chi connectivity index (χ0) is 13.0. The van der Waals surface area contributed by atoms with Crippen LogP contribution in [0.5, 0.6) is 0 Å². The fourth-order valence-corrected chi connectivity index (χ4v) is 3.87. The Morgan fingerprint density at radius 1 is 1.28 bits per heavy atom. The van der Waals surface area contributed by atoms with Gasteiger partial charge >= 0.3 is 0 Å². The molecule has 1 aromatic rings. The minimum atomic E-state index is 0.625. The van der Waals surface area contributed by atoms with E-state index in [9.17, 15) is 0 Å². The molecule has 18 heavy (non-hydrogen) atoms. The second kappa shape index (κ2) is 6.57. The Hall–Kier alpha value is -0.550. The molecule has 2 rings (SSSR count). The van der Waals surface area contributed by atoms with Crippen LogP contribution in [0.1, 0.15) is 44.9 Å². The van der Waals surface area contributed by atoms with E-state index in [1.165, 1.54) is 32.1 Å². The molecular weight excluding hydrogens is 244 g/mol. The molecule has 1 aliphatic rings. The molecule has 1 heterocycles. The SMILES string of the molecule is CCNC1CCCCCC1Sc1nnc(C)n1C. The van der Waals surface area contributed by atoms with Crippen molar-refractivity contribution in [2.75, 3.05) is 6.54 Å². The third-order valence-corrected chi connectivity index (χ3v) is 5.16. The Morgan fingerprint density at radius 3 is 2.72 bits per heavy atom. The number of rotatable bonds is 4. The van der Waals surface area contributed by atoms with Crippen LogP contribution in [-0.2, 0) is 7.05 Å². The summed E-state index contributed by atoms with van der Waals surface area (Å²) in [4.78, 5) is 0. The summed E-state index contributed by atoms with van der Waals surface area (Å²) in [6.45, 7) is 5.25. The monoisotopic (exact) mass is 268 g/mol. The van der Waals surface area contributed by atoms with Crippen LogP contribution in [0.4, 0.5) is 0 Å². The fourth-order valence-electron chi connectivity index (χ4n) is 2.54. The van der Waals surface area contributed by atoms with E-state index in [-0.39, 0.29) is 0 Å². The lowest BCUT2D eigenvalue weighted by molar-refractivity contribution is 0.481. The summed E-state index contributed by atoms with van der Waals surface area (Å²) in [6, 6.07) is 0.625. The quantitative estimate of drug-likeness (QED) is 0.852. The van der Waals surface area contributed by atoms with Gasteiger partial charge in [0, 0.05) is 18.3 Å². The van der Waals surface area contributed by atoms with Crippen molar-refractivity contribution in [3.05, 3.63) is 5.82 Å². The first kappa shape index (κ1) is 13.9. The van der Waals surface area contributed by atoms with Crippen LogP contribution < -0.4 is 5.32 Å². The lowest BCUT2D eigenvalue weighted by Gasteiger charge is -2.24. The highest BCUT2D eigenvalue weighted by atomic mass is 32.2. The normalized spacial score (nSPS) is 25.1. The molecule has 0 bridgehead atoms. The molecule has 0 aromatic carbocycles. The Balaban J connectivity index is 2.06. The average molecular weight is 268 g/mol. The van der Waals surface area contributed by atoms with Gasteiger partial charge in [-0.1, -0.05) is 37.9 Å². The van der Waals surface area contributed by atoms with Gasteiger partial charge < -0.3 is 9.88 Å². The van der Waals surface area contributed by atoms with Gasteiger partial charge in [-0.05, 0) is 26.3 Å². The van der Waals surface area contributed by atoms with Gasteiger partial charge in [0.05, 0.1) is 0 Å². The van der Waals surface area contributed by atoms with Gasteiger partial charge in [0.2, 0.25) is 0 Å². The van der Waals surface area contributed by atoms with Crippen molar-refractivity contribution < 1.29 is 0 Å². The number of hydrogen-bond acceptors (Lipinski definition) is 4. The highest BCUT2D eigenvalue weighted by Gasteiger charge is 2.25. The van der Waals surface area contributed by atoms with Crippen LogP contribution in [0.2, 0.25) is 0 Å². The van der Waals surface area contributed by atoms with Crippen LogP contribution >= 0.6 is 11.8 Å². The predicted octanol–water partition coefficient (Wildman–Crippen LogP) is 2.53. The number of thioether (sulfide) groups is 1. The molecule has 4 nitrogen and oxygen atoms in total. The molecule has 5 heteroatoms. The van der Waals surface area contributed by atoms with Gasteiger partial charge in [0.1, 0.15) is 5.82 Å². The molecule has 1 aliphatic carbocycles. The zero-order valence-corrected chi connectivity index (χ0v) is 12.5. The third kappa shape index (κ3) is 3.26. The van der Waals surface area contributed by atoms with Crippen LogP contribution in [-0.4, -0.2) is 32.6 Å². The van der Waals surface area contributed by atoms with Crippen molar-refractivity contribution in [1.82, 2.24) is 20.1 Å². The van der Waals surface area contributed by atoms with E-state index in [0.29, 0.717) is 11.3 Å². The van der Waals surface area contributed by atoms with E-state index in [0.717, 1.165) is 17.5 Å². The van der Waals surface area contributed by atoms with E-state index >= 15 is 0 Å². The third-order valence-electron chi connectivity index (χ3n) is 3.73.